The van der Waals surface area contributed by atoms with Gasteiger partial charge < -0.3 is 20.3 Å². The Labute approximate surface area is 262 Å². The minimum atomic E-state index is -3.79. The fourth-order valence-electron chi connectivity index (χ4n) is 5.62. The first-order chi connectivity index (χ1) is 20.8. The van der Waals surface area contributed by atoms with E-state index in [2.05, 4.69) is 21.9 Å². The highest BCUT2D eigenvalue weighted by Gasteiger charge is 2.61. The van der Waals surface area contributed by atoms with Gasteiger partial charge in [0.15, 0.2) is 5.13 Å². The van der Waals surface area contributed by atoms with Gasteiger partial charge in [0.2, 0.25) is 21.8 Å². The Morgan fingerprint density at radius 3 is 2.50 bits per heavy atom. The Morgan fingerprint density at radius 1 is 1.20 bits per heavy atom. The van der Waals surface area contributed by atoms with Crippen LogP contribution < -0.4 is 20.1 Å². The summed E-state index contributed by atoms with van der Waals surface area (Å²) in [5, 5.41) is 8.09. The first-order valence-corrected chi connectivity index (χ1v) is 17.5. The van der Waals surface area contributed by atoms with Crippen molar-refractivity contribution in [2.45, 2.75) is 82.7 Å². The molecule has 1 aliphatic heterocycles. The summed E-state index contributed by atoms with van der Waals surface area (Å²) in [6, 6.07) is 6.19. The van der Waals surface area contributed by atoms with Gasteiger partial charge in [-0.15, -0.1) is 17.9 Å². The number of ether oxygens (including phenoxy) is 1. The number of benzene rings is 1. The molecule has 0 unspecified atom stereocenters. The number of nitrogens with zero attached hydrogens (tertiary/aromatic N) is 2. The van der Waals surface area contributed by atoms with Crippen LogP contribution in [0.2, 0.25) is 0 Å². The van der Waals surface area contributed by atoms with E-state index in [1.807, 2.05) is 57.3 Å². The lowest BCUT2D eigenvalue weighted by molar-refractivity contribution is -0.141. The van der Waals surface area contributed by atoms with Gasteiger partial charge in [0.25, 0.3) is 5.91 Å². The van der Waals surface area contributed by atoms with Gasteiger partial charge in [-0.1, -0.05) is 26.8 Å². The molecule has 5 rings (SSSR count). The molecule has 2 aromatic rings. The fourth-order valence-corrected chi connectivity index (χ4v) is 7.73. The maximum atomic E-state index is 14.1. The van der Waals surface area contributed by atoms with E-state index in [9.17, 15) is 22.8 Å². The number of thiazole rings is 1. The maximum absolute atomic E-state index is 14.1. The Hall–Kier alpha value is -3.45. The summed E-state index contributed by atoms with van der Waals surface area (Å²) in [6.07, 6.45) is 3.89. The second-order valence-electron chi connectivity index (χ2n) is 12.8. The molecule has 1 aromatic heterocycles. The lowest BCUT2D eigenvalue weighted by Gasteiger charge is -2.35. The zero-order valence-electron chi connectivity index (χ0n) is 25.6. The van der Waals surface area contributed by atoms with E-state index in [0.717, 1.165) is 17.0 Å². The van der Waals surface area contributed by atoms with Crippen LogP contribution in [-0.4, -0.2) is 72.0 Å². The number of amides is 3. The molecule has 11 nitrogen and oxygen atoms in total. The third-order valence-electron chi connectivity index (χ3n) is 8.43. The van der Waals surface area contributed by atoms with Gasteiger partial charge in [-0.2, -0.15) is 0 Å². The molecule has 3 fully saturated rings. The van der Waals surface area contributed by atoms with Crippen molar-refractivity contribution >= 4 is 44.2 Å². The van der Waals surface area contributed by atoms with Crippen LogP contribution in [0.5, 0.6) is 5.75 Å². The lowest BCUT2D eigenvalue weighted by atomic mass is 9.85. The van der Waals surface area contributed by atoms with Gasteiger partial charge in [-0.05, 0) is 68.7 Å². The number of hydrogen-bond donors (Lipinski definition) is 3. The van der Waals surface area contributed by atoms with Crippen molar-refractivity contribution in [3.63, 3.8) is 0 Å². The van der Waals surface area contributed by atoms with Crippen molar-refractivity contribution in [1.29, 1.82) is 0 Å². The molecule has 3 amide bonds. The highest BCUT2D eigenvalue weighted by Crippen LogP contribution is 2.45. The van der Waals surface area contributed by atoms with Crippen molar-refractivity contribution in [3.05, 3.63) is 42.3 Å². The zero-order chi connectivity index (χ0) is 31.9. The molecule has 0 bridgehead atoms. The molecular formula is C31H41N5O6S2. The van der Waals surface area contributed by atoms with Crippen LogP contribution >= 0.6 is 11.3 Å². The van der Waals surface area contributed by atoms with E-state index in [1.165, 1.54) is 11.3 Å². The number of aromatic nitrogens is 1. The van der Waals surface area contributed by atoms with Crippen LogP contribution in [0.1, 0.15) is 59.8 Å². The molecule has 0 radical (unpaired) electrons. The number of anilines is 1. The van der Waals surface area contributed by atoms with Crippen LogP contribution in [0.25, 0.3) is 11.3 Å². The quantitative estimate of drug-likeness (QED) is 0.297. The number of rotatable bonds is 12. The molecule has 1 aromatic carbocycles. The topological polar surface area (TPSA) is 147 Å². The van der Waals surface area contributed by atoms with Crippen molar-refractivity contribution in [2.24, 2.45) is 11.3 Å². The van der Waals surface area contributed by atoms with Gasteiger partial charge in [-0.3, -0.25) is 19.1 Å². The predicted octanol–water partition coefficient (Wildman–Crippen LogP) is 3.70. The van der Waals surface area contributed by atoms with E-state index in [0.29, 0.717) is 44.0 Å². The van der Waals surface area contributed by atoms with Gasteiger partial charge >= 0.3 is 0 Å². The molecular weight excluding hydrogens is 603 g/mol. The number of carbonyl (C=O) groups excluding carboxylic acids is 3. The number of nitrogens with one attached hydrogen (secondary N) is 3. The van der Waals surface area contributed by atoms with Crippen molar-refractivity contribution in [1.82, 2.24) is 19.9 Å². The summed E-state index contributed by atoms with van der Waals surface area (Å²) in [4.78, 5) is 47.1. The second kappa shape index (κ2) is 12.2. The molecule has 3 aliphatic rings. The summed E-state index contributed by atoms with van der Waals surface area (Å²) in [5.41, 5.74) is -0.215. The molecule has 4 atom stereocenters. The fraction of sp³-hybridized carbons (Fsp3) is 0.548. The van der Waals surface area contributed by atoms with E-state index in [1.54, 1.807) is 11.0 Å². The average molecular weight is 644 g/mol. The Balaban J connectivity index is 1.29. The molecule has 2 heterocycles. The number of sulfonamides is 1. The van der Waals surface area contributed by atoms with E-state index in [4.69, 9.17) is 9.72 Å². The van der Waals surface area contributed by atoms with Gasteiger partial charge in [0, 0.05) is 23.4 Å². The van der Waals surface area contributed by atoms with E-state index in [-0.39, 0.29) is 12.3 Å². The molecule has 0 spiro atoms. The number of likely N-dealkylation sites (tertiary alicyclic amines) is 1. The highest BCUT2D eigenvalue weighted by molar-refractivity contribution is 7.91. The van der Waals surface area contributed by atoms with Crippen LogP contribution in [0.3, 0.4) is 0 Å². The summed E-state index contributed by atoms with van der Waals surface area (Å²) >= 11 is 1.40. The van der Waals surface area contributed by atoms with Crippen molar-refractivity contribution in [3.8, 4) is 17.0 Å². The van der Waals surface area contributed by atoms with Crippen LogP contribution in [0.15, 0.2) is 42.3 Å². The largest absolute Gasteiger partial charge is 0.494 e. The minimum absolute atomic E-state index is 0.237. The monoisotopic (exact) mass is 643 g/mol. The van der Waals surface area contributed by atoms with Crippen LogP contribution in [-0.2, 0) is 24.4 Å². The summed E-state index contributed by atoms with van der Waals surface area (Å²) < 4.78 is 32.6. The third-order valence-corrected chi connectivity index (χ3v) is 11.0. The maximum Gasteiger partial charge on any atom is 0.259 e. The molecule has 3 N–H and O–H groups in total. The molecule has 13 heteroatoms. The Morgan fingerprint density at radius 2 is 1.91 bits per heavy atom. The van der Waals surface area contributed by atoms with Crippen molar-refractivity contribution in [2.75, 3.05) is 18.5 Å². The van der Waals surface area contributed by atoms with Crippen LogP contribution in [0.4, 0.5) is 5.13 Å². The molecule has 44 heavy (non-hydrogen) atoms. The first kappa shape index (κ1) is 32.0. The average Bonchev–Trinajstić information content (AvgIpc) is 3.84. The smallest absolute Gasteiger partial charge is 0.259 e. The number of carbonyl (C=O) groups is 3. The molecule has 2 aliphatic carbocycles. The standard InChI is InChI=1S/C31H41N5O6S2/c1-6-20-17-31(20,28(39)35-44(40,41)22-14-15-22)34-26(37)24-9-8-16-36(24)27(38)25(30(3,4)5)33-29-32-23(18-43-29)19-10-12-21(13-11-19)42-7-2/h6,10-13,18,20,22,24-25H,1,7-9,14-17H2,2-5H3,(H,32,33)(H,34,37)(H,35,39)/t20-,24+,25-,31-/m1/s1. The van der Waals surface area contributed by atoms with Gasteiger partial charge in [-0.25, -0.2) is 13.4 Å². The van der Waals surface area contributed by atoms with E-state index >= 15 is 0 Å². The first-order valence-electron chi connectivity index (χ1n) is 15.1. The van der Waals surface area contributed by atoms with Gasteiger partial charge in [0.05, 0.1) is 17.6 Å². The van der Waals surface area contributed by atoms with Crippen molar-refractivity contribution < 1.29 is 27.5 Å². The lowest BCUT2D eigenvalue weighted by Crippen LogP contribution is -2.58. The Bertz CT molecular complexity index is 1530. The van der Waals surface area contributed by atoms with E-state index < -0.39 is 56.0 Å². The SMILES string of the molecule is C=C[C@@H]1C[C@]1(NC(=O)[C@@H]1CCCN1C(=O)[C@@H](Nc1nc(-c2ccc(OCC)cc2)cs1)C(C)(C)C)C(=O)NS(=O)(=O)C1CC1. The molecule has 1 saturated heterocycles. The molecule has 2 saturated carbocycles. The second-order valence-corrected chi connectivity index (χ2v) is 15.6. The molecule has 238 valence electrons. The third kappa shape index (κ3) is 6.63. The summed E-state index contributed by atoms with van der Waals surface area (Å²) in [7, 11) is -3.79. The summed E-state index contributed by atoms with van der Waals surface area (Å²) in [5.74, 6) is -1.08. The normalized spacial score (nSPS) is 23.9. The minimum Gasteiger partial charge on any atom is -0.494 e. The van der Waals surface area contributed by atoms with Gasteiger partial charge in [0.1, 0.15) is 23.4 Å². The predicted molar refractivity (Wildman–Crippen MR) is 170 cm³/mol. The number of hydrogen-bond acceptors (Lipinski definition) is 9. The van der Waals surface area contributed by atoms with Crippen LogP contribution in [0, 0.1) is 11.3 Å². The summed E-state index contributed by atoms with van der Waals surface area (Å²) in [6.45, 7) is 12.5. The highest BCUT2D eigenvalue weighted by atomic mass is 32.2. The Kier molecular flexibility index (Phi) is 8.83. The zero-order valence-corrected chi connectivity index (χ0v) is 27.2.